The molecule has 5 rings (SSSR count). The average Bonchev–Trinajstić information content (AvgIpc) is 3.40. The number of carbonyl (C=O) groups is 1. The zero-order valence-corrected chi connectivity index (χ0v) is 21.8. The molecule has 1 aliphatic rings. The summed E-state index contributed by atoms with van der Waals surface area (Å²) in [6.07, 6.45) is 3.65. The van der Waals surface area contributed by atoms with Crippen LogP contribution >= 0.6 is 11.3 Å². The van der Waals surface area contributed by atoms with E-state index in [-0.39, 0.29) is 16.6 Å². The highest BCUT2D eigenvalue weighted by Crippen LogP contribution is 2.38. The van der Waals surface area contributed by atoms with Crippen molar-refractivity contribution in [2.24, 2.45) is 0 Å². The van der Waals surface area contributed by atoms with Crippen LogP contribution in [0.3, 0.4) is 0 Å². The number of hydroxylamine groups is 2. The largest absolute Gasteiger partial charge is 0.629 e. The van der Waals surface area contributed by atoms with Crippen LogP contribution in [0, 0.1) is 23.8 Å². The molecule has 11 heteroatoms. The van der Waals surface area contributed by atoms with Crippen LogP contribution in [0.15, 0.2) is 71.2 Å². The molecular formula is C27H21F2N3O4S2. The number of halogens is 2. The van der Waals surface area contributed by atoms with E-state index in [0.29, 0.717) is 27.3 Å². The number of quaternary nitrogens is 1. The van der Waals surface area contributed by atoms with Gasteiger partial charge < -0.3 is 15.6 Å². The second-order valence-electron chi connectivity index (χ2n) is 8.84. The normalized spacial score (nSPS) is 16.8. The molecule has 38 heavy (non-hydrogen) atoms. The summed E-state index contributed by atoms with van der Waals surface area (Å²) < 4.78 is 54.9. The van der Waals surface area contributed by atoms with Gasteiger partial charge in [0.25, 0.3) is 5.91 Å². The number of nitrogens with one attached hydrogen (secondary N) is 2. The first-order chi connectivity index (χ1) is 18.0. The number of carbonyl (C=O) groups excluding carboxylic acids is 1. The number of aryl methyl sites for hydroxylation is 1. The summed E-state index contributed by atoms with van der Waals surface area (Å²) in [6.45, 7) is 1.80. The molecule has 2 unspecified atom stereocenters. The van der Waals surface area contributed by atoms with Gasteiger partial charge in [-0.1, -0.05) is 18.2 Å². The third-order valence-electron chi connectivity index (χ3n) is 6.24. The Morgan fingerprint density at radius 2 is 1.82 bits per heavy atom. The molecule has 3 heterocycles. The van der Waals surface area contributed by atoms with E-state index in [4.69, 9.17) is 0 Å². The molecule has 2 atom stereocenters. The maximum absolute atomic E-state index is 14.8. The lowest BCUT2D eigenvalue weighted by molar-refractivity contribution is -0.821. The molecule has 2 aromatic heterocycles. The number of benzene rings is 2. The molecule has 4 aromatic rings. The molecule has 1 amide bonds. The fraction of sp³-hybridized carbons (Fsp3) is 0.111. The number of anilines is 1. The van der Waals surface area contributed by atoms with Gasteiger partial charge in [-0.05, 0) is 65.4 Å². The molecule has 0 aliphatic carbocycles. The first kappa shape index (κ1) is 25.9. The van der Waals surface area contributed by atoms with Crippen LogP contribution in [0.4, 0.5) is 14.5 Å². The number of hydrogen-bond acceptors (Lipinski definition) is 6. The van der Waals surface area contributed by atoms with Crippen molar-refractivity contribution in [1.82, 2.24) is 4.98 Å². The van der Waals surface area contributed by atoms with Gasteiger partial charge >= 0.3 is 0 Å². The quantitative estimate of drug-likeness (QED) is 0.354. The maximum atomic E-state index is 14.8. The average molecular weight is 554 g/mol. The number of pyridine rings is 1. The topological polar surface area (TPSA) is 104 Å². The van der Waals surface area contributed by atoms with E-state index in [1.54, 1.807) is 42.6 Å². The Bertz CT molecular complexity index is 1680. The Kier molecular flexibility index (Phi) is 6.70. The lowest BCUT2D eigenvalue weighted by Crippen LogP contribution is -3.03. The monoisotopic (exact) mass is 553 g/mol. The second-order valence-corrected chi connectivity index (χ2v) is 11.8. The smallest absolute Gasteiger partial charge is 0.265 e. The number of amides is 1. The van der Waals surface area contributed by atoms with E-state index in [1.807, 2.05) is 0 Å². The zero-order valence-electron chi connectivity index (χ0n) is 20.2. The molecule has 7 nitrogen and oxygen atoms in total. The first-order valence-electron chi connectivity index (χ1n) is 11.4. The minimum Gasteiger partial charge on any atom is -0.629 e. The second kappa shape index (κ2) is 9.84. The summed E-state index contributed by atoms with van der Waals surface area (Å²) in [5.41, 5.74) is 1.95. The molecule has 0 saturated heterocycles. The molecule has 0 saturated carbocycles. The molecule has 0 fully saturated rings. The van der Waals surface area contributed by atoms with E-state index in [1.165, 1.54) is 35.7 Å². The predicted molar refractivity (Wildman–Crippen MR) is 141 cm³/mol. The van der Waals surface area contributed by atoms with E-state index in [2.05, 4.69) is 10.3 Å². The van der Waals surface area contributed by atoms with E-state index >= 15 is 0 Å². The highest BCUT2D eigenvalue weighted by molar-refractivity contribution is 7.90. The Balaban J connectivity index is 1.72. The van der Waals surface area contributed by atoms with Gasteiger partial charge in [0.15, 0.2) is 20.9 Å². The fourth-order valence-electron chi connectivity index (χ4n) is 4.41. The Morgan fingerprint density at radius 3 is 2.47 bits per heavy atom. The van der Waals surface area contributed by atoms with Gasteiger partial charge in [-0.2, -0.15) is 0 Å². The summed E-state index contributed by atoms with van der Waals surface area (Å²) in [5, 5.41) is 16.6. The van der Waals surface area contributed by atoms with Crippen molar-refractivity contribution >= 4 is 38.8 Å². The molecular weight excluding hydrogens is 532 g/mol. The number of nitrogens with zero attached hydrogens (tertiary/aromatic N) is 1. The van der Waals surface area contributed by atoms with Crippen LogP contribution in [0.2, 0.25) is 0 Å². The standard InChI is InChI=1S/C27H21F2N3O4S2/c1-15-8-9-16(30-27(33)22-7-4-12-37-22)13-18(15)19-14-23(38(2,35)36)31-25-17(19)10-11-32(34)26(25)24-20(28)5-3-6-21(24)29/h3-14,26,32H,1-2H3,(H,30,33). The number of fused-ring (bicyclic) bond motifs is 1. The Hall–Kier alpha value is -3.77. The minimum atomic E-state index is -3.88. The van der Waals surface area contributed by atoms with Crippen LogP contribution < -0.4 is 10.4 Å². The number of rotatable bonds is 5. The molecule has 1 aliphatic heterocycles. The predicted octanol–water partition coefficient (Wildman–Crippen LogP) is 4.51. The highest BCUT2D eigenvalue weighted by atomic mass is 32.2. The van der Waals surface area contributed by atoms with Gasteiger partial charge in [0, 0.05) is 23.6 Å². The van der Waals surface area contributed by atoms with Gasteiger partial charge in [0.1, 0.15) is 17.3 Å². The molecule has 0 radical (unpaired) electrons. The van der Waals surface area contributed by atoms with Crippen molar-refractivity contribution in [2.75, 3.05) is 11.6 Å². The summed E-state index contributed by atoms with van der Waals surface area (Å²) in [7, 11) is -3.88. The van der Waals surface area contributed by atoms with Crippen molar-refractivity contribution in [3.8, 4) is 11.1 Å². The number of sulfone groups is 1. The lowest BCUT2D eigenvalue weighted by atomic mass is 9.89. The summed E-state index contributed by atoms with van der Waals surface area (Å²) in [4.78, 5) is 17.4. The van der Waals surface area contributed by atoms with Gasteiger partial charge in [-0.3, -0.25) is 4.79 Å². The minimum absolute atomic E-state index is 0.0631. The van der Waals surface area contributed by atoms with E-state index in [0.717, 1.165) is 24.0 Å². The molecule has 0 bridgehead atoms. The molecule has 194 valence electrons. The van der Waals surface area contributed by atoms with Gasteiger partial charge in [-0.25, -0.2) is 22.2 Å². The van der Waals surface area contributed by atoms with Crippen LogP contribution in [-0.2, 0) is 9.84 Å². The van der Waals surface area contributed by atoms with Crippen molar-refractivity contribution in [3.63, 3.8) is 0 Å². The number of aromatic nitrogens is 1. The van der Waals surface area contributed by atoms with Gasteiger partial charge in [0.05, 0.1) is 16.6 Å². The summed E-state index contributed by atoms with van der Waals surface area (Å²) >= 11 is 1.29. The van der Waals surface area contributed by atoms with Crippen LogP contribution in [0.25, 0.3) is 17.2 Å². The lowest BCUT2D eigenvalue weighted by Gasteiger charge is -2.33. The zero-order chi connectivity index (χ0) is 27.2. The first-order valence-corrected chi connectivity index (χ1v) is 14.2. The van der Waals surface area contributed by atoms with Gasteiger partial charge in [-0.15, -0.1) is 11.3 Å². The van der Waals surface area contributed by atoms with Crippen LogP contribution in [0.5, 0.6) is 0 Å². The van der Waals surface area contributed by atoms with Crippen molar-refractivity contribution < 1.29 is 27.1 Å². The Labute approximate surface area is 221 Å². The molecule has 2 N–H and O–H groups in total. The highest BCUT2D eigenvalue weighted by Gasteiger charge is 2.35. The Morgan fingerprint density at radius 1 is 1.08 bits per heavy atom. The van der Waals surface area contributed by atoms with Crippen LogP contribution in [0.1, 0.15) is 38.1 Å². The SMILES string of the molecule is Cc1ccc(NC(=O)c2cccs2)cc1-c1cc(S(C)(=O)=O)nc2c1C=C[NH+]([O-])C2c1c(F)cccc1F. The third-order valence-corrected chi connectivity index (χ3v) is 8.07. The fourth-order valence-corrected chi connectivity index (χ4v) is 5.63. The summed E-state index contributed by atoms with van der Waals surface area (Å²) in [5.74, 6) is -2.18. The van der Waals surface area contributed by atoms with Crippen molar-refractivity contribution in [3.05, 3.63) is 110 Å². The van der Waals surface area contributed by atoms with Crippen molar-refractivity contribution in [2.45, 2.75) is 18.0 Å². The van der Waals surface area contributed by atoms with E-state index < -0.39 is 38.1 Å². The number of thiophene rings is 1. The summed E-state index contributed by atoms with van der Waals surface area (Å²) in [6, 6.07) is 11.8. The number of hydrogen-bond donors (Lipinski definition) is 2. The van der Waals surface area contributed by atoms with E-state index in [9.17, 15) is 27.2 Å². The molecule has 2 aromatic carbocycles. The van der Waals surface area contributed by atoms with Gasteiger partial charge in [0.2, 0.25) is 0 Å². The molecule has 0 spiro atoms. The van der Waals surface area contributed by atoms with Crippen LogP contribution in [-0.4, -0.2) is 25.6 Å². The maximum Gasteiger partial charge on any atom is 0.265 e. The van der Waals surface area contributed by atoms with Crippen molar-refractivity contribution in [1.29, 1.82) is 0 Å². The third kappa shape index (κ3) is 4.76.